The Morgan fingerprint density at radius 2 is 2.00 bits per heavy atom. The van der Waals surface area contributed by atoms with Gasteiger partial charge in [0.25, 0.3) is 0 Å². The number of carbonyl (C=O) groups is 1. The van der Waals surface area contributed by atoms with Gasteiger partial charge in [-0.15, -0.1) is 0 Å². The molecule has 0 aromatic heterocycles. The van der Waals surface area contributed by atoms with E-state index >= 15 is 0 Å². The standard InChI is InChI=1S/C9H20N2O2/c1-2-9(11,8(12)13)6-4-3-5-7-10/h2-7,10-11H2,1H3,(H,12,13). The summed E-state index contributed by atoms with van der Waals surface area (Å²) < 4.78 is 0. The zero-order valence-corrected chi connectivity index (χ0v) is 8.25. The van der Waals surface area contributed by atoms with Gasteiger partial charge < -0.3 is 16.6 Å². The van der Waals surface area contributed by atoms with Crippen molar-refractivity contribution < 1.29 is 9.90 Å². The SMILES string of the molecule is CCC(N)(CCCCCN)C(=O)O. The van der Waals surface area contributed by atoms with Crippen molar-refractivity contribution in [3.8, 4) is 0 Å². The minimum absolute atomic E-state index is 0.477. The Kier molecular flexibility index (Phi) is 5.66. The molecule has 0 aliphatic heterocycles. The zero-order valence-electron chi connectivity index (χ0n) is 8.25. The van der Waals surface area contributed by atoms with Crippen LogP contribution in [0, 0.1) is 0 Å². The summed E-state index contributed by atoms with van der Waals surface area (Å²) in [7, 11) is 0. The lowest BCUT2D eigenvalue weighted by Crippen LogP contribution is -2.47. The van der Waals surface area contributed by atoms with Crippen LogP contribution in [0.3, 0.4) is 0 Å². The molecule has 0 aromatic rings. The van der Waals surface area contributed by atoms with Crippen LogP contribution in [0.1, 0.15) is 39.0 Å². The Morgan fingerprint density at radius 3 is 2.38 bits per heavy atom. The highest BCUT2D eigenvalue weighted by Crippen LogP contribution is 2.16. The van der Waals surface area contributed by atoms with Crippen LogP contribution in [-0.4, -0.2) is 23.2 Å². The van der Waals surface area contributed by atoms with Crippen molar-refractivity contribution in [2.24, 2.45) is 11.5 Å². The second kappa shape index (κ2) is 5.94. The summed E-state index contributed by atoms with van der Waals surface area (Å²) >= 11 is 0. The fraction of sp³-hybridized carbons (Fsp3) is 0.889. The molecule has 13 heavy (non-hydrogen) atoms. The van der Waals surface area contributed by atoms with Gasteiger partial charge in [-0.2, -0.15) is 0 Å². The first-order valence-electron chi connectivity index (χ1n) is 4.79. The van der Waals surface area contributed by atoms with E-state index in [4.69, 9.17) is 16.6 Å². The van der Waals surface area contributed by atoms with Gasteiger partial charge in [-0.1, -0.05) is 19.8 Å². The van der Waals surface area contributed by atoms with Gasteiger partial charge in [0.15, 0.2) is 0 Å². The van der Waals surface area contributed by atoms with Crippen molar-refractivity contribution in [3.05, 3.63) is 0 Å². The minimum Gasteiger partial charge on any atom is -0.480 e. The van der Waals surface area contributed by atoms with Gasteiger partial charge in [0.2, 0.25) is 0 Å². The number of unbranched alkanes of at least 4 members (excludes halogenated alkanes) is 2. The van der Waals surface area contributed by atoms with Crippen LogP contribution in [0.5, 0.6) is 0 Å². The Labute approximate surface area is 79.3 Å². The molecule has 0 saturated carbocycles. The summed E-state index contributed by atoms with van der Waals surface area (Å²) in [5.41, 5.74) is 9.98. The van der Waals surface area contributed by atoms with E-state index in [0.29, 0.717) is 19.4 Å². The molecule has 0 rings (SSSR count). The molecule has 0 heterocycles. The lowest BCUT2D eigenvalue weighted by Gasteiger charge is -2.22. The van der Waals surface area contributed by atoms with Crippen molar-refractivity contribution in [2.45, 2.75) is 44.6 Å². The predicted molar refractivity (Wildman–Crippen MR) is 52.4 cm³/mol. The lowest BCUT2D eigenvalue weighted by molar-refractivity contribution is -0.143. The average Bonchev–Trinajstić information content (AvgIpc) is 2.12. The molecule has 1 unspecified atom stereocenters. The van der Waals surface area contributed by atoms with E-state index in [-0.39, 0.29) is 0 Å². The van der Waals surface area contributed by atoms with Crippen LogP contribution in [-0.2, 0) is 4.79 Å². The van der Waals surface area contributed by atoms with E-state index in [0.717, 1.165) is 19.3 Å². The van der Waals surface area contributed by atoms with Gasteiger partial charge in [-0.3, -0.25) is 4.79 Å². The fourth-order valence-corrected chi connectivity index (χ4v) is 1.20. The highest BCUT2D eigenvalue weighted by Gasteiger charge is 2.30. The van der Waals surface area contributed by atoms with Crippen molar-refractivity contribution in [2.75, 3.05) is 6.54 Å². The van der Waals surface area contributed by atoms with Gasteiger partial charge in [0.05, 0.1) is 0 Å². The van der Waals surface area contributed by atoms with Crippen LogP contribution in [0.2, 0.25) is 0 Å². The van der Waals surface area contributed by atoms with Crippen LogP contribution in [0.25, 0.3) is 0 Å². The molecule has 78 valence electrons. The first-order valence-corrected chi connectivity index (χ1v) is 4.79. The number of carboxylic acids is 1. The molecule has 0 saturated heterocycles. The second-order valence-corrected chi connectivity index (χ2v) is 3.41. The minimum atomic E-state index is -1.03. The number of aliphatic carboxylic acids is 1. The molecule has 0 radical (unpaired) electrons. The van der Waals surface area contributed by atoms with Crippen molar-refractivity contribution in [1.29, 1.82) is 0 Å². The van der Waals surface area contributed by atoms with E-state index < -0.39 is 11.5 Å². The van der Waals surface area contributed by atoms with E-state index in [1.165, 1.54) is 0 Å². The van der Waals surface area contributed by atoms with Crippen LogP contribution in [0.15, 0.2) is 0 Å². The van der Waals surface area contributed by atoms with E-state index in [1.807, 2.05) is 0 Å². The molecule has 1 atom stereocenters. The smallest absolute Gasteiger partial charge is 0.323 e. The molecule has 0 bridgehead atoms. The highest BCUT2D eigenvalue weighted by atomic mass is 16.4. The maximum Gasteiger partial charge on any atom is 0.323 e. The molecular weight excluding hydrogens is 168 g/mol. The fourth-order valence-electron chi connectivity index (χ4n) is 1.20. The second-order valence-electron chi connectivity index (χ2n) is 3.41. The molecule has 0 spiro atoms. The largest absolute Gasteiger partial charge is 0.480 e. The third-order valence-electron chi connectivity index (χ3n) is 2.38. The summed E-state index contributed by atoms with van der Waals surface area (Å²) in [6.45, 7) is 2.47. The molecule has 0 aliphatic rings. The third-order valence-corrected chi connectivity index (χ3v) is 2.38. The molecule has 5 N–H and O–H groups in total. The molecule has 0 amide bonds. The average molecular weight is 188 g/mol. The van der Waals surface area contributed by atoms with Crippen LogP contribution >= 0.6 is 0 Å². The summed E-state index contributed by atoms with van der Waals surface area (Å²) in [5, 5.41) is 8.84. The highest BCUT2D eigenvalue weighted by molar-refractivity contribution is 5.78. The van der Waals surface area contributed by atoms with E-state index in [1.54, 1.807) is 6.92 Å². The number of carboxylic acid groups (broad SMARTS) is 1. The maximum absolute atomic E-state index is 10.8. The number of hydrogen-bond acceptors (Lipinski definition) is 3. The summed E-state index contributed by atoms with van der Waals surface area (Å²) in [6, 6.07) is 0. The monoisotopic (exact) mass is 188 g/mol. The predicted octanol–water partition coefficient (Wildman–Crippen LogP) is 0.698. The number of nitrogens with two attached hydrogens (primary N) is 2. The van der Waals surface area contributed by atoms with Gasteiger partial charge in [0, 0.05) is 0 Å². The van der Waals surface area contributed by atoms with Crippen LogP contribution in [0.4, 0.5) is 0 Å². The van der Waals surface area contributed by atoms with E-state index in [9.17, 15) is 4.79 Å². The van der Waals surface area contributed by atoms with Crippen molar-refractivity contribution in [1.82, 2.24) is 0 Å². The zero-order chi connectivity index (χ0) is 10.3. The molecule has 0 aliphatic carbocycles. The topological polar surface area (TPSA) is 89.3 Å². The van der Waals surface area contributed by atoms with Gasteiger partial charge >= 0.3 is 5.97 Å². The van der Waals surface area contributed by atoms with Gasteiger partial charge in [0.1, 0.15) is 5.54 Å². The van der Waals surface area contributed by atoms with Gasteiger partial charge in [-0.25, -0.2) is 0 Å². The number of hydrogen-bond donors (Lipinski definition) is 3. The Bertz CT molecular complexity index is 162. The number of rotatable bonds is 7. The summed E-state index contributed by atoms with van der Waals surface area (Å²) in [5.74, 6) is -0.900. The molecule has 0 fully saturated rings. The quantitative estimate of drug-likeness (QED) is 0.513. The molecular formula is C9H20N2O2. The lowest BCUT2D eigenvalue weighted by atomic mass is 9.91. The first kappa shape index (κ1) is 12.4. The molecule has 0 aromatic carbocycles. The van der Waals surface area contributed by atoms with Crippen molar-refractivity contribution in [3.63, 3.8) is 0 Å². The maximum atomic E-state index is 10.8. The Morgan fingerprint density at radius 1 is 1.38 bits per heavy atom. The van der Waals surface area contributed by atoms with E-state index in [2.05, 4.69) is 0 Å². The van der Waals surface area contributed by atoms with Crippen LogP contribution < -0.4 is 11.5 Å². The molecule has 4 heteroatoms. The first-order chi connectivity index (χ1) is 6.06. The Hall–Kier alpha value is -0.610. The summed E-state index contributed by atoms with van der Waals surface area (Å²) in [4.78, 5) is 10.8. The third kappa shape index (κ3) is 4.24. The molecule has 4 nitrogen and oxygen atoms in total. The summed E-state index contributed by atoms with van der Waals surface area (Å²) in [6.07, 6.45) is 3.76. The van der Waals surface area contributed by atoms with Gasteiger partial charge in [-0.05, 0) is 25.8 Å². The Balaban J connectivity index is 3.78. The van der Waals surface area contributed by atoms with Crippen molar-refractivity contribution >= 4 is 5.97 Å². The normalized spacial score (nSPS) is 15.3.